The summed E-state index contributed by atoms with van der Waals surface area (Å²) in [6.45, 7) is 6.66. The topological polar surface area (TPSA) is 42.0 Å². The van der Waals surface area contributed by atoms with Gasteiger partial charge in [-0.3, -0.25) is 0 Å². The van der Waals surface area contributed by atoms with E-state index in [0.717, 1.165) is 12.0 Å². The van der Waals surface area contributed by atoms with Gasteiger partial charge in [-0.25, -0.2) is 0 Å². The van der Waals surface area contributed by atoms with Gasteiger partial charge in [-0.05, 0) is 32.3 Å². The molecule has 17 heavy (non-hydrogen) atoms. The fraction of sp³-hybridized carbons (Fsp3) is 0.571. The number of hydrogen-bond donors (Lipinski definition) is 1. The molecular formula is C14H20O3. The van der Waals surface area contributed by atoms with Gasteiger partial charge in [0.15, 0.2) is 11.5 Å². The van der Waals surface area contributed by atoms with Crippen LogP contribution in [0.25, 0.3) is 0 Å². The molecule has 1 aromatic carbocycles. The molecule has 1 heterocycles. The van der Waals surface area contributed by atoms with Crippen LogP contribution < -0.4 is 4.74 Å². The molecule has 0 saturated carbocycles. The molecule has 0 spiro atoms. The zero-order valence-electron chi connectivity index (χ0n) is 10.6. The summed E-state index contributed by atoms with van der Waals surface area (Å²) in [4.78, 5) is 0. The Hall–Kier alpha value is -1.22. The molecule has 0 amide bonds. The van der Waals surface area contributed by atoms with Crippen LogP contribution in [0, 0.1) is 0 Å². The first kappa shape index (κ1) is 12.2. The Bertz CT molecular complexity index is 389. The van der Waals surface area contributed by atoms with E-state index in [1.165, 1.54) is 0 Å². The minimum atomic E-state index is 0.273. The van der Waals surface area contributed by atoms with Crippen LogP contribution >= 0.6 is 0 Å². The fourth-order valence-corrected chi connectivity index (χ4v) is 2.16. The van der Waals surface area contributed by atoms with Crippen LogP contribution in [0.4, 0.5) is 0 Å². The molecule has 0 bridgehead atoms. The van der Waals surface area contributed by atoms with Gasteiger partial charge >= 0.3 is 0 Å². The quantitative estimate of drug-likeness (QED) is 0.799. The van der Waals surface area contributed by atoms with Crippen molar-refractivity contribution in [3.05, 3.63) is 23.8 Å². The number of epoxide rings is 1. The Labute approximate surface area is 102 Å². The summed E-state index contributed by atoms with van der Waals surface area (Å²) in [5.41, 5.74) is 0.943. The molecule has 3 atom stereocenters. The number of benzene rings is 1. The monoisotopic (exact) mass is 236 g/mol. The highest BCUT2D eigenvalue weighted by Crippen LogP contribution is 2.39. The largest absolute Gasteiger partial charge is 0.504 e. The van der Waals surface area contributed by atoms with Gasteiger partial charge in [0.1, 0.15) is 0 Å². The van der Waals surface area contributed by atoms with Crippen molar-refractivity contribution in [3.8, 4) is 11.5 Å². The van der Waals surface area contributed by atoms with E-state index in [0.29, 0.717) is 24.6 Å². The maximum Gasteiger partial charge on any atom is 0.161 e. The molecule has 1 N–H and O–H groups in total. The molecule has 0 aliphatic carbocycles. The predicted octanol–water partition coefficient (Wildman–Crippen LogP) is 3.07. The van der Waals surface area contributed by atoms with Gasteiger partial charge in [0.25, 0.3) is 0 Å². The van der Waals surface area contributed by atoms with E-state index in [9.17, 15) is 5.11 Å². The van der Waals surface area contributed by atoms with E-state index in [1.54, 1.807) is 6.07 Å². The van der Waals surface area contributed by atoms with Gasteiger partial charge < -0.3 is 14.6 Å². The average molecular weight is 236 g/mol. The fourth-order valence-electron chi connectivity index (χ4n) is 2.16. The molecule has 3 unspecified atom stereocenters. The van der Waals surface area contributed by atoms with E-state index in [2.05, 4.69) is 13.8 Å². The van der Waals surface area contributed by atoms with Crippen molar-refractivity contribution < 1.29 is 14.6 Å². The van der Waals surface area contributed by atoms with Crippen LogP contribution in [0.3, 0.4) is 0 Å². The lowest BCUT2D eigenvalue weighted by Crippen LogP contribution is -2.01. The summed E-state index contributed by atoms with van der Waals surface area (Å²) in [5, 5.41) is 10.1. The van der Waals surface area contributed by atoms with Crippen LogP contribution in [0.15, 0.2) is 18.2 Å². The van der Waals surface area contributed by atoms with Crippen molar-refractivity contribution in [2.75, 3.05) is 6.61 Å². The highest BCUT2D eigenvalue weighted by Gasteiger charge is 2.35. The standard InChI is InChI=1S/C14H20O3/c1-4-16-12-7-5-6-11(14(12)15)9(2)8-13-10(3)17-13/h5-7,9-10,13,15H,4,8H2,1-3H3. The molecule has 2 rings (SSSR count). The summed E-state index contributed by atoms with van der Waals surface area (Å²) in [6.07, 6.45) is 1.67. The van der Waals surface area contributed by atoms with Gasteiger partial charge in [0.05, 0.1) is 18.8 Å². The van der Waals surface area contributed by atoms with Crippen LogP contribution in [0.5, 0.6) is 11.5 Å². The van der Waals surface area contributed by atoms with Crippen LogP contribution in [-0.2, 0) is 4.74 Å². The van der Waals surface area contributed by atoms with Crippen molar-refractivity contribution >= 4 is 0 Å². The van der Waals surface area contributed by atoms with Crippen molar-refractivity contribution in [3.63, 3.8) is 0 Å². The van der Waals surface area contributed by atoms with Crippen LogP contribution in [0.2, 0.25) is 0 Å². The van der Waals surface area contributed by atoms with E-state index < -0.39 is 0 Å². The van der Waals surface area contributed by atoms with Gasteiger partial charge in [-0.15, -0.1) is 0 Å². The third kappa shape index (κ3) is 2.72. The van der Waals surface area contributed by atoms with Gasteiger partial charge in [-0.2, -0.15) is 0 Å². The lowest BCUT2D eigenvalue weighted by molar-refractivity contribution is 0.314. The van der Waals surface area contributed by atoms with Crippen molar-refractivity contribution in [2.24, 2.45) is 0 Å². The van der Waals surface area contributed by atoms with Crippen molar-refractivity contribution in [1.82, 2.24) is 0 Å². The molecule has 1 saturated heterocycles. The van der Waals surface area contributed by atoms with E-state index in [1.807, 2.05) is 19.1 Å². The number of aromatic hydroxyl groups is 1. The summed E-state index contributed by atoms with van der Waals surface area (Å²) < 4.78 is 10.8. The molecule has 3 nitrogen and oxygen atoms in total. The SMILES string of the molecule is CCOc1cccc(C(C)CC2OC2C)c1O. The maximum atomic E-state index is 10.1. The number of ether oxygens (including phenoxy) is 2. The predicted molar refractivity (Wildman–Crippen MR) is 66.6 cm³/mol. The van der Waals surface area contributed by atoms with E-state index >= 15 is 0 Å². The molecule has 1 aliphatic heterocycles. The second-order valence-corrected chi connectivity index (χ2v) is 4.64. The highest BCUT2D eigenvalue weighted by atomic mass is 16.6. The molecule has 94 valence electrons. The van der Waals surface area contributed by atoms with Gasteiger partial charge in [0.2, 0.25) is 0 Å². The zero-order chi connectivity index (χ0) is 12.4. The Morgan fingerprint density at radius 1 is 1.47 bits per heavy atom. The smallest absolute Gasteiger partial charge is 0.161 e. The molecule has 1 aromatic rings. The lowest BCUT2D eigenvalue weighted by atomic mass is 9.94. The van der Waals surface area contributed by atoms with Crippen molar-refractivity contribution in [2.45, 2.75) is 45.3 Å². The molecule has 3 heteroatoms. The number of hydrogen-bond acceptors (Lipinski definition) is 3. The minimum absolute atomic E-state index is 0.273. The van der Waals surface area contributed by atoms with Crippen LogP contribution in [0.1, 0.15) is 38.7 Å². The van der Waals surface area contributed by atoms with E-state index in [4.69, 9.17) is 9.47 Å². The number of phenolic OH excluding ortho intramolecular Hbond substituents is 1. The summed E-state index contributed by atoms with van der Waals surface area (Å²) in [5.74, 6) is 1.13. The summed E-state index contributed by atoms with van der Waals surface area (Å²) in [6, 6.07) is 5.68. The van der Waals surface area contributed by atoms with Crippen molar-refractivity contribution in [1.29, 1.82) is 0 Å². The third-order valence-corrected chi connectivity index (χ3v) is 3.28. The zero-order valence-corrected chi connectivity index (χ0v) is 10.6. The maximum absolute atomic E-state index is 10.1. The Morgan fingerprint density at radius 3 is 2.76 bits per heavy atom. The first-order valence-electron chi connectivity index (χ1n) is 6.23. The molecule has 1 aliphatic rings. The Morgan fingerprint density at radius 2 is 2.18 bits per heavy atom. The summed E-state index contributed by atoms with van der Waals surface area (Å²) >= 11 is 0. The average Bonchev–Trinajstić information content (AvgIpc) is 2.97. The van der Waals surface area contributed by atoms with Gasteiger partial charge in [-0.1, -0.05) is 19.1 Å². The second-order valence-electron chi connectivity index (χ2n) is 4.64. The summed E-state index contributed by atoms with van der Waals surface area (Å²) in [7, 11) is 0. The Balaban J connectivity index is 2.10. The third-order valence-electron chi connectivity index (χ3n) is 3.28. The number of phenols is 1. The molecular weight excluding hydrogens is 216 g/mol. The lowest BCUT2D eigenvalue weighted by Gasteiger charge is -2.15. The van der Waals surface area contributed by atoms with Gasteiger partial charge in [0, 0.05) is 5.56 Å². The normalized spacial score (nSPS) is 24.4. The first-order valence-corrected chi connectivity index (χ1v) is 6.23. The highest BCUT2D eigenvalue weighted by molar-refractivity contribution is 5.47. The molecule has 0 radical (unpaired) electrons. The van der Waals surface area contributed by atoms with Crippen LogP contribution in [-0.4, -0.2) is 23.9 Å². The Kier molecular flexibility index (Phi) is 3.57. The number of para-hydroxylation sites is 1. The second kappa shape index (κ2) is 4.96. The minimum Gasteiger partial charge on any atom is -0.504 e. The first-order chi connectivity index (χ1) is 8.13. The molecule has 0 aromatic heterocycles. The molecule has 1 fully saturated rings. The van der Waals surface area contributed by atoms with E-state index in [-0.39, 0.29) is 11.7 Å². The number of rotatable bonds is 5.